The number of carbonyl (C=O) groups is 2. The molecule has 4 heteroatoms. The van der Waals surface area contributed by atoms with E-state index in [2.05, 4.69) is 13.8 Å². The topological polar surface area (TPSA) is 77.4 Å². The Labute approximate surface area is 165 Å². The first-order chi connectivity index (χ1) is 13.1. The number of aliphatic hydroxyl groups excluding tert-OH is 1. The third kappa shape index (κ3) is 3.52. The molecule has 146 valence electrons. The SMILES string of the molecule is CC1(C)CC(=O)C(C)(C)c2cc(/C=C/c3ccc(C(=O)[O-])cc3)c(CO)cc21. The second-order valence-electron chi connectivity index (χ2n) is 8.61. The molecule has 1 aliphatic carbocycles. The molecule has 0 spiro atoms. The molecule has 0 aromatic heterocycles. The van der Waals surface area contributed by atoms with Crippen molar-refractivity contribution in [2.24, 2.45) is 0 Å². The molecule has 0 saturated carbocycles. The first kappa shape index (κ1) is 20.0. The first-order valence-corrected chi connectivity index (χ1v) is 9.38. The van der Waals surface area contributed by atoms with Gasteiger partial charge < -0.3 is 15.0 Å². The number of carboxylic acid groups (broad SMARTS) is 1. The predicted molar refractivity (Wildman–Crippen MR) is 108 cm³/mol. The Morgan fingerprint density at radius 3 is 2.29 bits per heavy atom. The summed E-state index contributed by atoms with van der Waals surface area (Å²) in [6.07, 6.45) is 4.24. The van der Waals surface area contributed by atoms with Crippen molar-refractivity contribution < 1.29 is 19.8 Å². The Bertz CT molecular complexity index is 963. The molecule has 1 N–H and O–H groups in total. The zero-order valence-electron chi connectivity index (χ0n) is 16.7. The third-order valence-corrected chi connectivity index (χ3v) is 5.75. The van der Waals surface area contributed by atoms with Crippen LogP contribution < -0.4 is 5.11 Å². The molecule has 0 aliphatic heterocycles. The summed E-state index contributed by atoms with van der Waals surface area (Å²) in [5.41, 5.74) is 3.89. The van der Waals surface area contributed by atoms with Gasteiger partial charge in [0.1, 0.15) is 5.78 Å². The number of Topliss-reactive ketones (excluding diaryl/α,β-unsaturated/α-hetero) is 1. The van der Waals surface area contributed by atoms with E-state index >= 15 is 0 Å². The van der Waals surface area contributed by atoms with Gasteiger partial charge in [0, 0.05) is 11.8 Å². The van der Waals surface area contributed by atoms with Crippen LogP contribution in [0.3, 0.4) is 0 Å². The molecule has 0 radical (unpaired) electrons. The maximum absolute atomic E-state index is 12.7. The standard InChI is InChI=1S/C24H26O4/c1-23(2)13-21(26)24(3,4)20-11-17(18(14-25)12-19(20)23)10-7-15-5-8-16(9-6-15)22(27)28/h5-12,25H,13-14H2,1-4H3,(H,27,28)/p-1/b10-7+. The van der Waals surface area contributed by atoms with Crippen molar-refractivity contribution in [3.05, 3.63) is 69.8 Å². The molecule has 28 heavy (non-hydrogen) atoms. The lowest BCUT2D eigenvalue weighted by Gasteiger charge is -2.41. The molecule has 0 fully saturated rings. The predicted octanol–water partition coefficient (Wildman–Crippen LogP) is 3.24. The fourth-order valence-corrected chi connectivity index (χ4v) is 3.81. The summed E-state index contributed by atoms with van der Waals surface area (Å²) in [5, 5.41) is 20.8. The fourth-order valence-electron chi connectivity index (χ4n) is 3.81. The Hall–Kier alpha value is -2.72. The van der Waals surface area contributed by atoms with Gasteiger partial charge in [0.25, 0.3) is 0 Å². The van der Waals surface area contributed by atoms with Crippen molar-refractivity contribution in [3.8, 4) is 0 Å². The van der Waals surface area contributed by atoms with Gasteiger partial charge in [-0.3, -0.25) is 4.79 Å². The first-order valence-electron chi connectivity index (χ1n) is 9.38. The lowest BCUT2D eigenvalue weighted by atomic mass is 9.62. The monoisotopic (exact) mass is 377 g/mol. The van der Waals surface area contributed by atoms with Crippen molar-refractivity contribution in [1.29, 1.82) is 0 Å². The molecule has 0 bridgehead atoms. The van der Waals surface area contributed by atoms with Crippen LogP contribution in [0.2, 0.25) is 0 Å². The van der Waals surface area contributed by atoms with Gasteiger partial charge >= 0.3 is 0 Å². The number of carboxylic acids is 1. The maximum atomic E-state index is 12.7. The molecule has 0 unspecified atom stereocenters. The highest BCUT2D eigenvalue weighted by molar-refractivity contribution is 5.93. The highest BCUT2D eigenvalue weighted by Crippen LogP contribution is 2.45. The van der Waals surface area contributed by atoms with Gasteiger partial charge in [-0.05, 0) is 52.6 Å². The second-order valence-corrected chi connectivity index (χ2v) is 8.61. The van der Waals surface area contributed by atoms with E-state index in [0.717, 1.165) is 27.8 Å². The fraction of sp³-hybridized carbons (Fsp3) is 0.333. The van der Waals surface area contributed by atoms with Crippen LogP contribution in [0.25, 0.3) is 12.2 Å². The lowest BCUT2D eigenvalue weighted by molar-refractivity contribution is -0.255. The summed E-state index contributed by atoms with van der Waals surface area (Å²) < 4.78 is 0. The van der Waals surface area contributed by atoms with Gasteiger partial charge in [-0.2, -0.15) is 0 Å². The van der Waals surface area contributed by atoms with Gasteiger partial charge in [-0.1, -0.05) is 62.4 Å². The molecular weight excluding hydrogens is 352 g/mol. The van der Waals surface area contributed by atoms with Gasteiger partial charge in [-0.15, -0.1) is 0 Å². The molecule has 0 amide bonds. The number of hydrogen-bond donors (Lipinski definition) is 1. The normalized spacial score (nSPS) is 17.5. The molecule has 2 aromatic rings. The van der Waals surface area contributed by atoms with Crippen LogP contribution in [0.1, 0.15) is 72.3 Å². The molecule has 1 aliphatic rings. The summed E-state index contributed by atoms with van der Waals surface area (Å²) in [7, 11) is 0. The highest BCUT2D eigenvalue weighted by atomic mass is 16.4. The smallest absolute Gasteiger partial charge is 0.143 e. The van der Waals surface area contributed by atoms with Crippen LogP contribution in [0.15, 0.2) is 36.4 Å². The van der Waals surface area contributed by atoms with Crippen LogP contribution in [-0.4, -0.2) is 16.9 Å². The number of aromatic carboxylic acids is 1. The van der Waals surface area contributed by atoms with Gasteiger partial charge in [0.05, 0.1) is 12.6 Å². The van der Waals surface area contributed by atoms with Crippen molar-refractivity contribution in [2.75, 3.05) is 0 Å². The van der Waals surface area contributed by atoms with E-state index in [9.17, 15) is 19.8 Å². The molecule has 0 atom stereocenters. The number of carbonyl (C=O) groups excluding carboxylic acids is 2. The van der Waals surface area contributed by atoms with Crippen LogP contribution >= 0.6 is 0 Å². The average Bonchev–Trinajstić information content (AvgIpc) is 2.64. The van der Waals surface area contributed by atoms with E-state index in [0.29, 0.717) is 6.42 Å². The van der Waals surface area contributed by atoms with Gasteiger partial charge in [0.2, 0.25) is 0 Å². The number of ketones is 1. The number of fused-ring (bicyclic) bond motifs is 1. The Morgan fingerprint density at radius 2 is 1.71 bits per heavy atom. The number of hydrogen-bond acceptors (Lipinski definition) is 4. The van der Waals surface area contributed by atoms with E-state index in [4.69, 9.17) is 0 Å². The summed E-state index contributed by atoms with van der Waals surface area (Å²) in [4.78, 5) is 23.6. The quantitative estimate of drug-likeness (QED) is 0.830. The molecule has 3 rings (SSSR count). The van der Waals surface area contributed by atoms with Crippen LogP contribution in [0, 0.1) is 0 Å². The molecule has 2 aromatic carbocycles. The molecular formula is C24H25O4-. The summed E-state index contributed by atoms with van der Waals surface area (Å²) in [6, 6.07) is 10.4. The zero-order valence-corrected chi connectivity index (χ0v) is 16.7. The van der Waals surface area contributed by atoms with E-state index in [1.54, 1.807) is 12.1 Å². The van der Waals surface area contributed by atoms with Crippen molar-refractivity contribution in [3.63, 3.8) is 0 Å². The van der Waals surface area contributed by atoms with E-state index in [1.807, 2.05) is 38.1 Å². The maximum Gasteiger partial charge on any atom is 0.143 e. The second kappa shape index (κ2) is 7.02. The third-order valence-electron chi connectivity index (χ3n) is 5.75. The minimum absolute atomic E-state index is 0.0962. The van der Waals surface area contributed by atoms with E-state index < -0.39 is 11.4 Å². The van der Waals surface area contributed by atoms with Gasteiger partial charge in [-0.25, -0.2) is 0 Å². The van der Waals surface area contributed by atoms with Crippen LogP contribution in [0.5, 0.6) is 0 Å². The Balaban J connectivity index is 2.06. The summed E-state index contributed by atoms with van der Waals surface area (Å²) in [6.45, 7) is 7.94. The van der Waals surface area contributed by atoms with Crippen molar-refractivity contribution in [1.82, 2.24) is 0 Å². The van der Waals surface area contributed by atoms with Crippen molar-refractivity contribution >= 4 is 23.9 Å². The molecule has 4 nitrogen and oxygen atoms in total. The van der Waals surface area contributed by atoms with E-state index in [1.165, 1.54) is 12.1 Å². The summed E-state index contributed by atoms with van der Waals surface area (Å²) in [5.74, 6) is -0.989. The Morgan fingerprint density at radius 1 is 1.07 bits per heavy atom. The minimum atomic E-state index is -1.21. The minimum Gasteiger partial charge on any atom is -0.545 e. The van der Waals surface area contributed by atoms with Crippen LogP contribution in [0.4, 0.5) is 0 Å². The van der Waals surface area contributed by atoms with Crippen molar-refractivity contribution in [2.45, 2.75) is 51.6 Å². The number of rotatable bonds is 4. The largest absolute Gasteiger partial charge is 0.545 e. The van der Waals surface area contributed by atoms with E-state index in [-0.39, 0.29) is 23.4 Å². The lowest BCUT2D eigenvalue weighted by Crippen LogP contribution is -2.42. The van der Waals surface area contributed by atoms with Gasteiger partial charge in [0.15, 0.2) is 0 Å². The average molecular weight is 377 g/mol. The number of aliphatic hydroxyl groups is 1. The van der Waals surface area contributed by atoms with Crippen LogP contribution in [-0.2, 0) is 22.2 Å². The Kier molecular flexibility index (Phi) is 5.02. The zero-order chi connectivity index (χ0) is 20.7. The molecule has 0 saturated heterocycles. The summed E-state index contributed by atoms with van der Waals surface area (Å²) >= 11 is 0. The highest BCUT2D eigenvalue weighted by Gasteiger charge is 2.43. The molecule has 0 heterocycles. The number of benzene rings is 2.